The monoisotopic (exact) mass is 653 g/mol. The van der Waals surface area contributed by atoms with E-state index in [1.54, 1.807) is 29.3 Å². The summed E-state index contributed by atoms with van der Waals surface area (Å²) in [4.78, 5) is 24.7. The number of unbranched alkanes of at least 4 members (excludes halogenated alkanes) is 5. The first-order valence-corrected chi connectivity index (χ1v) is 16.6. The van der Waals surface area contributed by atoms with Gasteiger partial charge in [0.25, 0.3) is 5.91 Å². The van der Waals surface area contributed by atoms with Crippen LogP contribution in [0, 0.1) is 0 Å². The van der Waals surface area contributed by atoms with Gasteiger partial charge in [-0.15, -0.1) is 0 Å². The number of rotatable bonds is 14. The molecule has 228 valence electrons. The predicted molar refractivity (Wildman–Crippen MR) is 173 cm³/mol. The molecule has 2 aliphatic heterocycles. The normalized spacial score (nSPS) is 15.2. The Morgan fingerprint density at radius 1 is 0.867 bits per heavy atom. The van der Waals surface area contributed by atoms with E-state index in [1.165, 1.54) is 0 Å². The minimum atomic E-state index is -4.12. The van der Waals surface area contributed by atoms with Crippen LogP contribution in [0.1, 0.15) is 55.2 Å². The Hall–Kier alpha value is -3.05. The Morgan fingerprint density at radius 3 is 2.22 bits per heavy atom. The van der Waals surface area contributed by atoms with Crippen LogP contribution in [0.25, 0.3) is 11.8 Å². The summed E-state index contributed by atoms with van der Waals surface area (Å²) in [6.45, 7) is 0.496. The fourth-order valence-electron chi connectivity index (χ4n) is 5.01. The van der Waals surface area contributed by atoms with Gasteiger partial charge in [-0.25, -0.2) is 18.4 Å². The van der Waals surface area contributed by atoms with Gasteiger partial charge in [-0.3, -0.25) is 9.69 Å². The van der Waals surface area contributed by atoms with Gasteiger partial charge in [-0.05, 0) is 42.2 Å². The molecular weight excluding hydrogens is 621 g/mol. The average Bonchev–Trinajstić information content (AvgIpc) is 3.32. The molecule has 11 heteroatoms. The molecule has 0 aliphatic carbocycles. The van der Waals surface area contributed by atoms with Crippen LogP contribution in [-0.4, -0.2) is 47.7 Å². The van der Waals surface area contributed by atoms with E-state index in [1.807, 2.05) is 66.7 Å². The zero-order valence-corrected chi connectivity index (χ0v) is 28.8. The molecule has 0 fully saturated rings. The van der Waals surface area contributed by atoms with E-state index >= 15 is 0 Å². The largest absolute Gasteiger partial charge is 1.00 e. The molecular formula is C34H33ClN3NaO5S. The second kappa shape index (κ2) is 16.5. The fraction of sp³-hybridized carbons (Fsp3) is 0.265. The molecule has 0 unspecified atom stereocenters. The van der Waals surface area contributed by atoms with Crippen molar-refractivity contribution in [2.45, 2.75) is 44.9 Å². The first-order chi connectivity index (χ1) is 21.3. The molecule has 5 rings (SSSR count). The molecule has 45 heavy (non-hydrogen) atoms. The second-order valence-corrected chi connectivity index (χ2v) is 12.6. The number of nitrogens with zero attached hydrogens (tertiary/aromatic N) is 3. The molecule has 0 saturated carbocycles. The number of benzene rings is 3. The number of halogens is 1. The van der Waals surface area contributed by atoms with E-state index in [-0.39, 0.29) is 41.2 Å². The molecule has 0 spiro atoms. The average molecular weight is 654 g/mol. The summed E-state index contributed by atoms with van der Waals surface area (Å²) >= 11 is 6.52. The van der Waals surface area contributed by atoms with Crippen molar-refractivity contribution in [1.29, 1.82) is 0 Å². The summed E-state index contributed by atoms with van der Waals surface area (Å²) < 4.78 is 37.8. The van der Waals surface area contributed by atoms with Gasteiger partial charge < -0.3 is 9.29 Å². The van der Waals surface area contributed by atoms with E-state index in [0.29, 0.717) is 53.2 Å². The molecule has 8 nitrogen and oxygen atoms in total. The zero-order valence-electron chi connectivity index (χ0n) is 25.2. The van der Waals surface area contributed by atoms with Gasteiger partial charge in [-0.1, -0.05) is 104 Å². The molecule has 0 aromatic heterocycles. The molecule has 2 heterocycles. The smallest absolute Gasteiger partial charge is 0.748 e. The molecule has 3 aromatic rings. The van der Waals surface area contributed by atoms with Gasteiger partial charge in [0, 0.05) is 23.9 Å². The topological polar surface area (TPSA) is 111 Å². The number of amidine groups is 1. The van der Waals surface area contributed by atoms with Crippen LogP contribution >= 0.6 is 11.6 Å². The number of carbonyl (C=O) groups is 1. The number of hydrogen-bond acceptors (Lipinski definition) is 7. The molecule has 2 aliphatic rings. The second-order valence-electron chi connectivity index (χ2n) is 10.7. The Balaban J connectivity index is 0.00000461. The maximum Gasteiger partial charge on any atom is 1.00 e. The van der Waals surface area contributed by atoms with E-state index < -0.39 is 10.1 Å². The van der Waals surface area contributed by atoms with Crippen molar-refractivity contribution < 1.29 is 52.1 Å². The van der Waals surface area contributed by atoms with E-state index in [2.05, 4.69) is 0 Å². The van der Waals surface area contributed by atoms with Crippen LogP contribution in [0.5, 0.6) is 5.75 Å². The Labute approximate surface area is 291 Å². The van der Waals surface area contributed by atoms with Crippen LogP contribution in [0.2, 0.25) is 5.02 Å². The third kappa shape index (κ3) is 9.97. The Kier molecular flexibility index (Phi) is 12.8. The number of hydrogen-bond donors (Lipinski definition) is 0. The van der Waals surface area contributed by atoms with Crippen LogP contribution in [-0.2, 0) is 21.3 Å². The minimum absolute atomic E-state index is 0. The summed E-state index contributed by atoms with van der Waals surface area (Å²) in [7, 11) is -4.12. The first kappa shape index (κ1) is 34.8. The van der Waals surface area contributed by atoms with Gasteiger partial charge >= 0.3 is 29.6 Å². The van der Waals surface area contributed by atoms with Crippen LogP contribution in [0.4, 0.5) is 0 Å². The third-order valence-electron chi connectivity index (χ3n) is 7.25. The first-order valence-electron chi connectivity index (χ1n) is 14.7. The van der Waals surface area contributed by atoms with Crippen LogP contribution < -0.4 is 34.3 Å². The van der Waals surface area contributed by atoms with Crippen molar-refractivity contribution in [1.82, 2.24) is 4.90 Å². The summed E-state index contributed by atoms with van der Waals surface area (Å²) in [5.41, 5.74) is 4.42. The van der Waals surface area contributed by atoms with Crippen LogP contribution in [0.15, 0.2) is 101 Å². The summed E-state index contributed by atoms with van der Waals surface area (Å²) in [5, 5.41) is 0.437. The predicted octanol–water partition coefficient (Wildman–Crippen LogP) is 3.89. The molecule has 0 atom stereocenters. The van der Waals surface area contributed by atoms with E-state index in [0.717, 1.165) is 48.8 Å². The van der Waals surface area contributed by atoms with Crippen molar-refractivity contribution >= 4 is 50.9 Å². The van der Waals surface area contributed by atoms with Crippen LogP contribution in [0.3, 0.4) is 0 Å². The van der Waals surface area contributed by atoms with Gasteiger partial charge in [-0.2, -0.15) is 0 Å². The van der Waals surface area contributed by atoms with Crippen molar-refractivity contribution in [3.05, 3.63) is 112 Å². The molecule has 3 aromatic carbocycles. The maximum atomic E-state index is 13.5. The van der Waals surface area contributed by atoms with Crippen molar-refractivity contribution in [2.24, 2.45) is 9.98 Å². The third-order valence-corrected chi connectivity index (χ3v) is 8.33. The van der Waals surface area contributed by atoms with Crippen molar-refractivity contribution in [3.8, 4) is 5.75 Å². The van der Waals surface area contributed by atoms with Gasteiger partial charge in [0.2, 0.25) is 0 Å². The zero-order chi connectivity index (χ0) is 30.9. The quantitative estimate of drug-likeness (QED) is 0.113. The number of amides is 1. The minimum Gasteiger partial charge on any atom is -0.748 e. The number of ether oxygens (including phenoxy) is 1. The van der Waals surface area contributed by atoms with E-state index in [4.69, 9.17) is 26.3 Å². The number of carbonyl (C=O) groups excluding carboxylic acids is 1. The maximum absolute atomic E-state index is 13.5. The number of aliphatic imine (C=N–C) groups is 2. The molecule has 0 N–H and O–H groups in total. The Bertz CT molecular complexity index is 1720. The molecule has 0 saturated heterocycles. The molecule has 0 bridgehead atoms. The number of fused-ring (bicyclic) bond motifs is 1. The van der Waals surface area contributed by atoms with Crippen molar-refractivity contribution in [2.75, 3.05) is 12.4 Å². The standard InChI is InChI=1S/C34H34ClN3O5S.Na/c35-28-21-26(17-18-32(28)43-19-11-3-1-2-4-12-20-44(40,41)42)23-30-34(39)38-24-31(27-15-9-6-10-16-27)36-29(33(38)37-30)22-25-13-7-5-8-14-25;/h5-10,13-18,21,23-24H,1-4,11-12,19-20,22H2,(H,40,41,42);/q;+1/p-1/b30-23-;. The van der Waals surface area contributed by atoms with Gasteiger partial charge in [0.15, 0.2) is 5.84 Å². The van der Waals surface area contributed by atoms with Crippen molar-refractivity contribution in [3.63, 3.8) is 0 Å². The SMILES string of the molecule is O=C1/C(=C/c2ccc(OCCCCCCCCS(=O)(=O)[O-])c(Cl)c2)N=C2C(Cc3ccccc3)=NC(c3ccccc3)=CN12.[Na+]. The van der Waals surface area contributed by atoms with Gasteiger partial charge in [0.05, 0.1) is 33.2 Å². The fourth-order valence-corrected chi connectivity index (χ4v) is 5.81. The van der Waals surface area contributed by atoms with Gasteiger partial charge in [0.1, 0.15) is 11.4 Å². The summed E-state index contributed by atoms with van der Waals surface area (Å²) in [5.74, 6) is 0.548. The molecule has 0 radical (unpaired) electrons. The summed E-state index contributed by atoms with van der Waals surface area (Å²) in [6, 6.07) is 25.1. The summed E-state index contributed by atoms with van der Waals surface area (Å²) in [6.07, 6.45) is 8.71. The molecule has 1 amide bonds. The Morgan fingerprint density at radius 2 is 1.53 bits per heavy atom. The van der Waals surface area contributed by atoms with E-state index in [9.17, 15) is 17.8 Å².